The first-order valence-electron chi connectivity index (χ1n) is 11.0. The normalized spacial score (nSPS) is 25.3. The van der Waals surface area contributed by atoms with E-state index in [4.69, 9.17) is 26.4 Å². The third-order valence-corrected chi connectivity index (χ3v) is 6.23. The van der Waals surface area contributed by atoms with Crippen LogP contribution in [0.5, 0.6) is 0 Å². The molecule has 0 amide bonds. The molecule has 2 N–H and O–H groups in total. The number of hydrogen-bond donors (Lipinski definition) is 2. The van der Waals surface area contributed by atoms with Gasteiger partial charge in [0.2, 0.25) is 0 Å². The van der Waals surface area contributed by atoms with Gasteiger partial charge in [0.1, 0.15) is 6.10 Å². The number of nitrogens with zero attached hydrogens (tertiary/aromatic N) is 1. The van der Waals surface area contributed by atoms with Gasteiger partial charge in [0.25, 0.3) is 0 Å². The van der Waals surface area contributed by atoms with Crippen molar-refractivity contribution in [3.05, 3.63) is 71.8 Å². The summed E-state index contributed by atoms with van der Waals surface area (Å²) in [7, 11) is 5.43. The Hall–Kier alpha value is -2.03. The maximum absolute atomic E-state index is 11.0. The molecule has 0 saturated heterocycles. The fraction of sp³-hybridized carbons (Fsp3) is 0.480. The predicted octanol–water partition coefficient (Wildman–Crippen LogP) is 2.99. The van der Waals surface area contributed by atoms with Crippen LogP contribution in [-0.4, -0.2) is 67.3 Å². The molecule has 6 nitrogen and oxygen atoms in total. The third kappa shape index (κ3) is 6.73. The van der Waals surface area contributed by atoms with Crippen molar-refractivity contribution in [3.8, 4) is 0 Å². The van der Waals surface area contributed by atoms with Crippen molar-refractivity contribution in [1.82, 2.24) is 10.2 Å². The minimum Gasteiger partial charge on any atom is -0.391 e. The molecule has 0 aliphatic heterocycles. The molecule has 1 aliphatic carbocycles. The predicted molar refractivity (Wildman–Crippen MR) is 129 cm³/mol. The summed E-state index contributed by atoms with van der Waals surface area (Å²) in [6.45, 7) is 1.35. The number of methoxy groups -OCH3 is 1. The van der Waals surface area contributed by atoms with E-state index in [0.29, 0.717) is 31.4 Å². The first-order chi connectivity index (χ1) is 15.5. The minimum atomic E-state index is -0.648. The standard InChI is InChI=1S/C25H34N2O4S/c1-27(2)25(32)26-22-21(28)14-20(17-29-3)23(30-15-18-10-6-4-7-11-18)24(22)31-16-19-12-8-5-9-13-19/h4-13,20-24,28H,14-17H2,1-3H3,(H,26,32)/t20-,21-,22+,23-,24-/m1/s1. The fourth-order valence-electron chi connectivity index (χ4n) is 4.07. The number of nitrogens with one attached hydrogen (secondary N) is 1. The molecule has 0 heterocycles. The number of ether oxygens (including phenoxy) is 3. The molecule has 32 heavy (non-hydrogen) atoms. The SMILES string of the molecule is COC[C@H]1C[C@@H](O)[C@H](NC(=S)N(C)C)[C@@H](OCc2ccccc2)[C@@H]1OCc1ccccc1. The van der Waals surface area contributed by atoms with Crippen molar-refractivity contribution in [2.24, 2.45) is 5.92 Å². The maximum Gasteiger partial charge on any atom is 0.168 e. The lowest BCUT2D eigenvalue weighted by molar-refractivity contribution is -0.170. The topological polar surface area (TPSA) is 63.2 Å². The van der Waals surface area contributed by atoms with Gasteiger partial charge < -0.3 is 29.5 Å². The second kappa shape index (κ2) is 12.3. The number of aliphatic hydroxyl groups excluding tert-OH is 1. The molecule has 174 valence electrons. The van der Waals surface area contributed by atoms with Gasteiger partial charge >= 0.3 is 0 Å². The monoisotopic (exact) mass is 458 g/mol. The Kier molecular flexibility index (Phi) is 9.44. The van der Waals surface area contributed by atoms with Crippen LogP contribution in [0.25, 0.3) is 0 Å². The molecular weight excluding hydrogens is 424 g/mol. The summed E-state index contributed by atoms with van der Waals surface area (Å²) < 4.78 is 18.3. The van der Waals surface area contributed by atoms with Gasteiger partial charge in [-0.3, -0.25) is 0 Å². The molecule has 0 bridgehead atoms. The van der Waals surface area contributed by atoms with E-state index in [9.17, 15) is 5.11 Å². The van der Waals surface area contributed by atoms with Crippen molar-refractivity contribution < 1.29 is 19.3 Å². The van der Waals surface area contributed by atoms with Crippen LogP contribution in [0.2, 0.25) is 0 Å². The van der Waals surface area contributed by atoms with E-state index in [0.717, 1.165) is 11.1 Å². The van der Waals surface area contributed by atoms with Crippen molar-refractivity contribution in [2.75, 3.05) is 27.8 Å². The fourth-order valence-corrected chi connectivity index (χ4v) is 4.21. The van der Waals surface area contributed by atoms with Gasteiger partial charge in [0, 0.05) is 27.1 Å². The average Bonchev–Trinajstić information content (AvgIpc) is 2.80. The Labute approximate surface area is 196 Å². The van der Waals surface area contributed by atoms with Gasteiger partial charge in [0.05, 0.1) is 38.1 Å². The molecule has 7 heteroatoms. The largest absolute Gasteiger partial charge is 0.391 e. The van der Waals surface area contributed by atoms with Gasteiger partial charge in [-0.05, 0) is 29.8 Å². The number of thiocarbonyl (C=S) groups is 1. The van der Waals surface area contributed by atoms with Crippen molar-refractivity contribution in [2.45, 2.75) is 44.0 Å². The molecule has 0 aromatic heterocycles. The van der Waals surface area contributed by atoms with Crippen molar-refractivity contribution in [3.63, 3.8) is 0 Å². The van der Waals surface area contributed by atoms with Crippen LogP contribution in [0, 0.1) is 5.92 Å². The van der Waals surface area contributed by atoms with Crippen molar-refractivity contribution in [1.29, 1.82) is 0 Å². The van der Waals surface area contributed by atoms with Crippen LogP contribution in [0.15, 0.2) is 60.7 Å². The molecule has 0 unspecified atom stereocenters. The highest BCUT2D eigenvalue weighted by molar-refractivity contribution is 7.80. The third-order valence-electron chi connectivity index (χ3n) is 5.75. The highest BCUT2D eigenvalue weighted by Crippen LogP contribution is 2.32. The maximum atomic E-state index is 11.0. The van der Waals surface area contributed by atoms with E-state index >= 15 is 0 Å². The zero-order chi connectivity index (χ0) is 22.9. The van der Waals surface area contributed by atoms with E-state index in [1.54, 1.807) is 7.11 Å². The lowest BCUT2D eigenvalue weighted by atomic mass is 9.79. The van der Waals surface area contributed by atoms with Crippen LogP contribution >= 0.6 is 12.2 Å². The molecular formula is C25H34N2O4S. The lowest BCUT2D eigenvalue weighted by Gasteiger charge is -2.45. The molecule has 2 aromatic rings. The smallest absolute Gasteiger partial charge is 0.168 e. The zero-order valence-electron chi connectivity index (χ0n) is 19.0. The zero-order valence-corrected chi connectivity index (χ0v) is 19.8. The Morgan fingerprint density at radius 3 is 2.00 bits per heavy atom. The van der Waals surface area contributed by atoms with E-state index in [1.807, 2.05) is 79.7 Å². The molecule has 3 rings (SSSR count). The van der Waals surface area contributed by atoms with E-state index in [1.165, 1.54) is 0 Å². The first-order valence-corrected chi connectivity index (χ1v) is 11.4. The molecule has 1 saturated carbocycles. The van der Waals surface area contributed by atoms with E-state index in [2.05, 4.69) is 5.32 Å². The molecule has 1 fully saturated rings. The van der Waals surface area contributed by atoms with Crippen LogP contribution < -0.4 is 5.32 Å². The molecule has 5 atom stereocenters. The molecule has 0 radical (unpaired) electrons. The van der Waals surface area contributed by atoms with Crippen LogP contribution in [0.1, 0.15) is 17.5 Å². The van der Waals surface area contributed by atoms with Gasteiger partial charge in [0.15, 0.2) is 5.11 Å². The molecule has 0 spiro atoms. The van der Waals surface area contributed by atoms with Gasteiger partial charge in [-0.15, -0.1) is 0 Å². The second-order valence-electron chi connectivity index (χ2n) is 8.41. The summed E-state index contributed by atoms with van der Waals surface area (Å²) in [6.07, 6.45) is -0.803. The Bertz CT molecular complexity index is 821. The Morgan fingerprint density at radius 2 is 1.50 bits per heavy atom. The lowest BCUT2D eigenvalue weighted by Crippen LogP contribution is -2.63. The van der Waals surface area contributed by atoms with Gasteiger partial charge in [-0.2, -0.15) is 0 Å². The molecule has 2 aromatic carbocycles. The quantitative estimate of drug-likeness (QED) is 0.560. The summed E-state index contributed by atoms with van der Waals surface area (Å²) in [5, 5.41) is 14.9. The second-order valence-corrected chi connectivity index (χ2v) is 8.80. The van der Waals surface area contributed by atoms with Crippen LogP contribution in [0.4, 0.5) is 0 Å². The highest BCUT2D eigenvalue weighted by Gasteiger charge is 2.46. The Morgan fingerprint density at radius 1 is 0.969 bits per heavy atom. The summed E-state index contributed by atoms with van der Waals surface area (Å²) in [5.74, 6) is -0.00883. The molecule has 1 aliphatic rings. The van der Waals surface area contributed by atoms with Crippen LogP contribution in [-0.2, 0) is 27.4 Å². The Balaban J connectivity index is 1.84. The minimum absolute atomic E-state index is 0.00883. The van der Waals surface area contributed by atoms with Crippen molar-refractivity contribution >= 4 is 17.3 Å². The van der Waals surface area contributed by atoms with E-state index < -0.39 is 18.2 Å². The van der Waals surface area contributed by atoms with Gasteiger partial charge in [-0.1, -0.05) is 60.7 Å². The van der Waals surface area contributed by atoms with E-state index in [-0.39, 0.29) is 12.0 Å². The number of hydrogen-bond acceptors (Lipinski definition) is 5. The first kappa shape index (κ1) is 24.6. The number of benzene rings is 2. The summed E-state index contributed by atoms with van der Waals surface area (Å²) in [6, 6.07) is 19.7. The van der Waals surface area contributed by atoms with Gasteiger partial charge in [-0.25, -0.2) is 0 Å². The summed E-state index contributed by atoms with van der Waals surface area (Å²) in [5.41, 5.74) is 2.15. The van der Waals surface area contributed by atoms with Crippen LogP contribution in [0.3, 0.4) is 0 Å². The summed E-state index contributed by atoms with van der Waals surface area (Å²) >= 11 is 5.49. The average molecular weight is 459 g/mol. The number of rotatable bonds is 9. The summed E-state index contributed by atoms with van der Waals surface area (Å²) in [4.78, 5) is 1.82. The number of aliphatic hydroxyl groups is 1. The highest BCUT2D eigenvalue weighted by atomic mass is 32.1.